The molecule has 0 aromatic heterocycles. The van der Waals surface area contributed by atoms with Crippen molar-refractivity contribution in [3.05, 3.63) is 69.2 Å². The summed E-state index contributed by atoms with van der Waals surface area (Å²) >= 11 is 3.40. The van der Waals surface area contributed by atoms with E-state index in [4.69, 9.17) is 5.73 Å². The summed E-state index contributed by atoms with van der Waals surface area (Å²) in [6.07, 6.45) is 0. The fourth-order valence-corrected chi connectivity index (χ4v) is 2.33. The molecule has 0 aliphatic rings. The molecule has 0 unspecified atom stereocenters. The molecule has 3 N–H and O–H groups in total. The summed E-state index contributed by atoms with van der Waals surface area (Å²) in [6, 6.07) is 12.4. The van der Waals surface area contributed by atoms with Crippen LogP contribution in [-0.2, 0) is 6.54 Å². The molecule has 5 heteroatoms. The number of nitrogens with one attached hydrogen (secondary N) is 1. The van der Waals surface area contributed by atoms with E-state index in [9.17, 15) is 9.59 Å². The molecule has 0 spiro atoms. The maximum absolute atomic E-state index is 12.2. The number of rotatable bonds is 4. The van der Waals surface area contributed by atoms with Gasteiger partial charge in [-0.05, 0) is 42.3 Å². The van der Waals surface area contributed by atoms with Gasteiger partial charge in [-0.3, -0.25) is 9.59 Å². The zero-order valence-corrected chi connectivity index (χ0v) is 13.1. The topological polar surface area (TPSA) is 72.2 Å². The average molecular weight is 347 g/mol. The average Bonchev–Trinajstić information content (AvgIpc) is 2.48. The molecule has 0 saturated carbocycles. The number of hydrogen-bond donors (Lipinski definition) is 2. The van der Waals surface area contributed by atoms with Crippen LogP contribution in [0.2, 0.25) is 0 Å². The molecule has 0 radical (unpaired) electrons. The van der Waals surface area contributed by atoms with Crippen LogP contribution in [0.15, 0.2) is 46.9 Å². The van der Waals surface area contributed by atoms with E-state index in [-0.39, 0.29) is 5.91 Å². The van der Waals surface area contributed by atoms with E-state index in [2.05, 4.69) is 21.2 Å². The van der Waals surface area contributed by atoms with Crippen LogP contribution in [0.5, 0.6) is 0 Å². The zero-order valence-electron chi connectivity index (χ0n) is 11.5. The lowest BCUT2D eigenvalue weighted by Gasteiger charge is -2.09. The van der Waals surface area contributed by atoms with Crippen LogP contribution in [0.4, 0.5) is 0 Å². The summed E-state index contributed by atoms with van der Waals surface area (Å²) in [5.41, 5.74) is 8.00. The first-order valence-electron chi connectivity index (χ1n) is 6.41. The van der Waals surface area contributed by atoms with E-state index in [0.717, 1.165) is 15.6 Å². The summed E-state index contributed by atoms with van der Waals surface area (Å²) in [7, 11) is 0. The van der Waals surface area contributed by atoms with Crippen LogP contribution < -0.4 is 11.1 Å². The second-order valence-corrected chi connectivity index (χ2v) is 5.51. The molecule has 108 valence electrons. The molecule has 0 aliphatic heterocycles. The SMILES string of the molecule is Cc1c(Br)cccc1C(=O)NCc1cccc(C(N)=O)c1. The minimum atomic E-state index is -0.481. The summed E-state index contributed by atoms with van der Waals surface area (Å²) in [6.45, 7) is 2.22. The second kappa shape index (κ2) is 6.54. The van der Waals surface area contributed by atoms with Crippen molar-refractivity contribution in [3.63, 3.8) is 0 Å². The Morgan fingerprint density at radius 1 is 1.19 bits per heavy atom. The highest BCUT2D eigenvalue weighted by Gasteiger charge is 2.10. The van der Waals surface area contributed by atoms with Crippen LogP contribution in [0, 0.1) is 6.92 Å². The van der Waals surface area contributed by atoms with E-state index in [1.807, 2.05) is 25.1 Å². The van der Waals surface area contributed by atoms with Gasteiger partial charge in [0.1, 0.15) is 0 Å². The lowest BCUT2D eigenvalue weighted by atomic mass is 10.1. The lowest BCUT2D eigenvalue weighted by Crippen LogP contribution is -2.24. The smallest absolute Gasteiger partial charge is 0.251 e. The summed E-state index contributed by atoms with van der Waals surface area (Å²) in [4.78, 5) is 23.3. The highest BCUT2D eigenvalue weighted by Crippen LogP contribution is 2.19. The standard InChI is InChI=1S/C16H15BrN2O2/c1-10-13(6-3-7-14(10)17)16(21)19-9-11-4-2-5-12(8-11)15(18)20/h2-8H,9H2,1H3,(H2,18,20)(H,19,21). The highest BCUT2D eigenvalue weighted by atomic mass is 79.9. The molecule has 21 heavy (non-hydrogen) atoms. The molecule has 0 aliphatic carbocycles. The van der Waals surface area contributed by atoms with E-state index in [1.165, 1.54) is 0 Å². The number of nitrogens with two attached hydrogens (primary N) is 1. The molecule has 0 atom stereocenters. The van der Waals surface area contributed by atoms with Gasteiger partial charge in [-0.25, -0.2) is 0 Å². The van der Waals surface area contributed by atoms with Crippen molar-refractivity contribution in [2.75, 3.05) is 0 Å². The third-order valence-electron chi connectivity index (χ3n) is 3.18. The predicted octanol–water partition coefficient (Wildman–Crippen LogP) is 2.79. The summed E-state index contributed by atoms with van der Waals surface area (Å²) < 4.78 is 0.894. The number of hydrogen-bond acceptors (Lipinski definition) is 2. The Morgan fingerprint density at radius 2 is 1.90 bits per heavy atom. The molecular formula is C16H15BrN2O2. The molecule has 0 bridgehead atoms. The van der Waals surface area contributed by atoms with Gasteiger partial charge >= 0.3 is 0 Å². The van der Waals surface area contributed by atoms with Crippen molar-refractivity contribution in [1.29, 1.82) is 0 Å². The third-order valence-corrected chi connectivity index (χ3v) is 4.04. The summed E-state index contributed by atoms with van der Waals surface area (Å²) in [5.74, 6) is -0.635. The van der Waals surface area contributed by atoms with E-state index in [1.54, 1.807) is 24.3 Å². The zero-order chi connectivity index (χ0) is 15.4. The van der Waals surface area contributed by atoms with Crippen LogP contribution in [0.25, 0.3) is 0 Å². The van der Waals surface area contributed by atoms with Gasteiger partial charge in [0.2, 0.25) is 5.91 Å². The van der Waals surface area contributed by atoms with Gasteiger partial charge < -0.3 is 11.1 Å². The molecule has 4 nitrogen and oxygen atoms in total. The maximum atomic E-state index is 12.2. The van der Waals surface area contributed by atoms with Gasteiger partial charge in [-0.15, -0.1) is 0 Å². The first-order chi connectivity index (χ1) is 9.99. The number of benzene rings is 2. The predicted molar refractivity (Wildman–Crippen MR) is 85.0 cm³/mol. The van der Waals surface area contributed by atoms with Crippen molar-refractivity contribution < 1.29 is 9.59 Å². The van der Waals surface area contributed by atoms with Crippen molar-refractivity contribution in [2.45, 2.75) is 13.5 Å². The maximum Gasteiger partial charge on any atom is 0.251 e. The Hall–Kier alpha value is -2.14. The minimum absolute atomic E-state index is 0.154. The normalized spacial score (nSPS) is 10.2. The van der Waals surface area contributed by atoms with E-state index < -0.39 is 5.91 Å². The molecule has 2 aromatic carbocycles. The van der Waals surface area contributed by atoms with E-state index in [0.29, 0.717) is 17.7 Å². The van der Waals surface area contributed by atoms with Crippen LogP contribution in [0.1, 0.15) is 31.8 Å². The Morgan fingerprint density at radius 3 is 2.62 bits per heavy atom. The van der Waals surface area contributed by atoms with E-state index >= 15 is 0 Å². The number of carbonyl (C=O) groups excluding carboxylic acids is 2. The molecule has 2 aromatic rings. The second-order valence-electron chi connectivity index (χ2n) is 4.66. The highest BCUT2D eigenvalue weighted by molar-refractivity contribution is 9.10. The van der Waals surface area contributed by atoms with Crippen molar-refractivity contribution in [3.8, 4) is 0 Å². The number of amides is 2. The van der Waals surface area contributed by atoms with Gasteiger partial charge in [0.15, 0.2) is 0 Å². The molecule has 0 fully saturated rings. The quantitative estimate of drug-likeness (QED) is 0.893. The number of primary amides is 1. The Balaban J connectivity index is 2.09. The number of halogens is 1. The van der Waals surface area contributed by atoms with Gasteiger partial charge in [-0.1, -0.05) is 34.1 Å². The fourth-order valence-electron chi connectivity index (χ4n) is 1.97. The van der Waals surface area contributed by atoms with Gasteiger partial charge in [-0.2, -0.15) is 0 Å². The van der Waals surface area contributed by atoms with Crippen LogP contribution >= 0.6 is 15.9 Å². The van der Waals surface area contributed by atoms with Crippen LogP contribution in [0.3, 0.4) is 0 Å². The summed E-state index contributed by atoms with van der Waals surface area (Å²) in [5, 5.41) is 2.84. The molecule has 2 amide bonds. The molecule has 0 saturated heterocycles. The first kappa shape index (κ1) is 15.3. The van der Waals surface area contributed by atoms with Gasteiger partial charge in [0.05, 0.1) is 0 Å². The third kappa shape index (κ3) is 3.70. The Bertz CT molecular complexity index is 698. The Labute approximate surface area is 131 Å². The minimum Gasteiger partial charge on any atom is -0.366 e. The molecular weight excluding hydrogens is 332 g/mol. The lowest BCUT2D eigenvalue weighted by molar-refractivity contribution is 0.0949. The number of carbonyl (C=O) groups is 2. The fraction of sp³-hybridized carbons (Fsp3) is 0.125. The van der Waals surface area contributed by atoms with Crippen LogP contribution in [-0.4, -0.2) is 11.8 Å². The monoisotopic (exact) mass is 346 g/mol. The van der Waals surface area contributed by atoms with Crippen molar-refractivity contribution >= 4 is 27.7 Å². The van der Waals surface area contributed by atoms with Gasteiger partial charge in [0, 0.05) is 22.1 Å². The van der Waals surface area contributed by atoms with Crippen molar-refractivity contribution in [1.82, 2.24) is 5.32 Å². The molecule has 0 heterocycles. The van der Waals surface area contributed by atoms with Gasteiger partial charge in [0.25, 0.3) is 5.91 Å². The largest absolute Gasteiger partial charge is 0.366 e. The first-order valence-corrected chi connectivity index (χ1v) is 7.20. The van der Waals surface area contributed by atoms with Crippen molar-refractivity contribution in [2.24, 2.45) is 5.73 Å². The molecule has 2 rings (SSSR count). The Kier molecular flexibility index (Phi) is 4.75.